The molecule has 0 aliphatic rings. The molecule has 0 heterocycles. The first-order valence-corrected chi connectivity index (χ1v) is 11.2. The largest absolute Gasteiger partial charge is 0.491 e. The highest BCUT2D eigenvalue weighted by molar-refractivity contribution is 7.92. The zero-order chi connectivity index (χ0) is 21.6. The first kappa shape index (κ1) is 22.7. The molecule has 0 aromatic heterocycles. The van der Waals surface area contributed by atoms with Gasteiger partial charge in [0.15, 0.2) is 0 Å². The summed E-state index contributed by atoms with van der Waals surface area (Å²) in [5, 5.41) is 2.73. The van der Waals surface area contributed by atoms with Crippen molar-refractivity contribution < 1.29 is 22.3 Å². The summed E-state index contributed by atoms with van der Waals surface area (Å²) in [5.41, 5.74) is 2.30. The molecule has 0 saturated carbocycles. The molecule has 29 heavy (non-hydrogen) atoms. The molecule has 6 nitrogen and oxygen atoms in total. The van der Waals surface area contributed by atoms with E-state index in [-0.39, 0.29) is 25.3 Å². The number of hydrogen-bond donors (Lipinski definition) is 1. The van der Waals surface area contributed by atoms with Crippen LogP contribution >= 0.6 is 0 Å². The maximum atomic E-state index is 13.2. The van der Waals surface area contributed by atoms with Crippen LogP contribution in [0.15, 0.2) is 42.5 Å². The third-order valence-electron chi connectivity index (χ3n) is 4.41. The summed E-state index contributed by atoms with van der Waals surface area (Å²) in [4.78, 5) is 12.7. The van der Waals surface area contributed by atoms with Crippen molar-refractivity contribution in [1.29, 1.82) is 0 Å². The van der Waals surface area contributed by atoms with Crippen molar-refractivity contribution in [2.45, 2.75) is 33.2 Å². The molecule has 0 radical (unpaired) electrons. The number of sulfonamides is 1. The zero-order valence-electron chi connectivity index (χ0n) is 17.1. The number of hydrogen-bond acceptors (Lipinski definition) is 4. The highest BCUT2D eigenvalue weighted by atomic mass is 32.2. The first-order valence-electron chi connectivity index (χ1n) is 9.36. The lowest BCUT2D eigenvalue weighted by atomic mass is 10.1. The fourth-order valence-corrected chi connectivity index (χ4v) is 4.18. The van der Waals surface area contributed by atoms with E-state index >= 15 is 0 Å². The van der Waals surface area contributed by atoms with Gasteiger partial charge in [-0.25, -0.2) is 12.8 Å². The third-order valence-corrected chi connectivity index (χ3v) is 5.59. The molecule has 8 heteroatoms. The van der Waals surface area contributed by atoms with Crippen LogP contribution in [0.4, 0.5) is 10.1 Å². The minimum absolute atomic E-state index is 0.226. The Balaban J connectivity index is 2.05. The van der Waals surface area contributed by atoms with Crippen LogP contribution in [0.5, 0.6) is 5.75 Å². The van der Waals surface area contributed by atoms with Crippen LogP contribution in [0.2, 0.25) is 0 Å². The fourth-order valence-electron chi connectivity index (χ4n) is 2.96. The van der Waals surface area contributed by atoms with Gasteiger partial charge in [0.2, 0.25) is 15.9 Å². The molecule has 0 bridgehead atoms. The Bertz CT molecular complexity index is 946. The van der Waals surface area contributed by atoms with Crippen LogP contribution in [-0.2, 0) is 14.8 Å². The number of rotatable bonds is 9. The molecule has 0 saturated heterocycles. The van der Waals surface area contributed by atoms with Crippen molar-refractivity contribution in [1.82, 2.24) is 5.32 Å². The summed E-state index contributed by atoms with van der Waals surface area (Å²) >= 11 is 0. The van der Waals surface area contributed by atoms with Crippen LogP contribution < -0.4 is 14.4 Å². The Labute approximate surface area is 171 Å². The predicted molar refractivity (Wildman–Crippen MR) is 112 cm³/mol. The average molecular weight is 423 g/mol. The number of halogens is 1. The SMILES string of the molecule is CCC(C(=O)NCCOc1cc(C)ccc1C)N(c1ccc(F)cc1)S(C)(=O)=O. The maximum absolute atomic E-state index is 13.2. The van der Waals surface area contributed by atoms with Crippen molar-refractivity contribution in [2.75, 3.05) is 23.7 Å². The molecule has 1 N–H and O–H groups in total. The lowest BCUT2D eigenvalue weighted by Crippen LogP contribution is -2.50. The fraction of sp³-hybridized carbons (Fsp3) is 0.381. The van der Waals surface area contributed by atoms with E-state index < -0.39 is 27.8 Å². The molecule has 1 atom stereocenters. The van der Waals surface area contributed by atoms with E-state index in [9.17, 15) is 17.6 Å². The molecule has 0 fully saturated rings. The number of benzene rings is 2. The van der Waals surface area contributed by atoms with Crippen molar-refractivity contribution in [3.8, 4) is 5.75 Å². The van der Waals surface area contributed by atoms with E-state index in [0.29, 0.717) is 0 Å². The van der Waals surface area contributed by atoms with Crippen molar-refractivity contribution in [3.05, 3.63) is 59.4 Å². The summed E-state index contributed by atoms with van der Waals surface area (Å²) in [6.45, 7) is 6.10. The Hall–Kier alpha value is -2.61. The van der Waals surface area contributed by atoms with E-state index in [1.54, 1.807) is 6.92 Å². The van der Waals surface area contributed by atoms with Crippen LogP contribution in [0, 0.1) is 19.7 Å². The number of carbonyl (C=O) groups excluding carboxylic acids is 1. The molecule has 0 aliphatic heterocycles. The molecule has 2 aromatic carbocycles. The average Bonchev–Trinajstić information content (AvgIpc) is 2.65. The molecule has 1 amide bonds. The first-order chi connectivity index (χ1) is 13.6. The van der Waals surface area contributed by atoms with Gasteiger partial charge in [-0.2, -0.15) is 0 Å². The van der Waals surface area contributed by atoms with Gasteiger partial charge in [-0.1, -0.05) is 19.1 Å². The van der Waals surface area contributed by atoms with Crippen molar-refractivity contribution in [3.63, 3.8) is 0 Å². The van der Waals surface area contributed by atoms with Gasteiger partial charge in [-0.3, -0.25) is 9.10 Å². The molecule has 2 aromatic rings. The molecule has 0 aliphatic carbocycles. The van der Waals surface area contributed by atoms with Gasteiger partial charge in [0, 0.05) is 0 Å². The molecular weight excluding hydrogens is 395 g/mol. The van der Waals surface area contributed by atoms with Crippen LogP contribution in [0.3, 0.4) is 0 Å². The number of amides is 1. The Morgan fingerprint density at radius 1 is 1.17 bits per heavy atom. The molecular formula is C21H27FN2O4S. The van der Waals surface area contributed by atoms with Gasteiger partial charge in [0.05, 0.1) is 18.5 Å². The number of nitrogens with zero attached hydrogens (tertiary/aromatic N) is 1. The highest BCUT2D eigenvalue weighted by Gasteiger charge is 2.31. The number of anilines is 1. The molecule has 0 spiro atoms. The quantitative estimate of drug-likeness (QED) is 0.630. The lowest BCUT2D eigenvalue weighted by Gasteiger charge is -2.30. The third kappa shape index (κ3) is 6.19. The number of aryl methyl sites for hydroxylation is 2. The van der Waals surface area contributed by atoms with Gasteiger partial charge < -0.3 is 10.1 Å². The van der Waals surface area contributed by atoms with Gasteiger partial charge in [-0.15, -0.1) is 0 Å². The van der Waals surface area contributed by atoms with Gasteiger partial charge in [0.1, 0.15) is 24.2 Å². The minimum Gasteiger partial charge on any atom is -0.491 e. The van der Waals surface area contributed by atoms with Crippen LogP contribution in [-0.4, -0.2) is 39.8 Å². The summed E-state index contributed by atoms with van der Waals surface area (Å²) < 4.78 is 44.6. The van der Waals surface area contributed by atoms with E-state index in [1.807, 2.05) is 32.0 Å². The van der Waals surface area contributed by atoms with Gasteiger partial charge in [-0.05, 0) is 61.7 Å². The minimum atomic E-state index is -3.75. The van der Waals surface area contributed by atoms with E-state index in [0.717, 1.165) is 39.6 Å². The summed E-state index contributed by atoms with van der Waals surface area (Å²) in [6, 6.07) is 9.94. The summed E-state index contributed by atoms with van der Waals surface area (Å²) in [5.74, 6) is -0.175. The Morgan fingerprint density at radius 2 is 1.83 bits per heavy atom. The molecule has 2 rings (SSSR count). The summed E-state index contributed by atoms with van der Waals surface area (Å²) in [6.07, 6.45) is 1.28. The molecule has 158 valence electrons. The lowest BCUT2D eigenvalue weighted by molar-refractivity contribution is -0.122. The zero-order valence-corrected chi connectivity index (χ0v) is 17.9. The van der Waals surface area contributed by atoms with E-state index in [1.165, 1.54) is 12.1 Å². The van der Waals surface area contributed by atoms with E-state index in [2.05, 4.69) is 5.32 Å². The monoisotopic (exact) mass is 422 g/mol. The standard InChI is InChI=1S/C21H27FN2O4S/c1-5-19(24(29(4,26)27)18-10-8-17(22)9-11-18)21(25)23-12-13-28-20-14-15(2)6-7-16(20)3/h6-11,14,19H,5,12-13H2,1-4H3,(H,23,25). The van der Waals surface area contributed by atoms with Gasteiger partial charge >= 0.3 is 0 Å². The Morgan fingerprint density at radius 3 is 2.41 bits per heavy atom. The topological polar surface area (TPSA) is 75.7 Å². The number of nitrogens with one attached hydrogen (secondary N) is 1. The van der Waals surface area contributed by atoms with E-state index in [4.69, 9.17) is 4.74 Å². The summed E-state index contributed by atoms with van der Waals surface area (Å²) in [7, 11) is -3.75. The Kier molecular flexibility index (Phi) is 7.61. The number of ether oxygens (including phenoxy) is 1. The second-order valence-corrected chi connectivity index (χ2v) is 8.73. The van der Waals surface area contributed by atoms with Crippen LogP contribution in [0.1, 0.15) is 24.5 Å². The van der Waals surface area contributed by atoms with Crippen LogP contribution in [0.25, 0.3) is 0 Å². The van der Waals surface area contributed by atoms with Gasteiger partial charge in [0.25, 0.3) is 0 Å². The number of carbonyl (C=O) groups is 1. The predicted octanol–water partition coefficient (Wildman–Crippen LogP) is 3.18. The second kappa shape index (κ2) is 9.73. The highest BCUT2D eigenvalue weighted by Crippen LogP contribution is 2.23. The maximum Gasteiger partial charge on any atom is 0.244 e. The second-order valence-electron chi connectivity index (χ2n) is 6.87. The van der Waals surface area contributed by atoms with Crippen molar-refractivity contribution in [2.24, 2.45) is 0 Å². The van der Waals surface area contributed by atoms with Crippen molar-refractivity contribution >= 4 is 21.6 Å². The molecule has 1 unspecified atom stereocenters. The smallest absolute Gasteiger partial charge is 0.244 e. The normalized spacial score (nSPS) is 12.3.